The Kier molecular flexibility index (Phi) is 4.75. The van der Waals surface area contributed by atoms with E-state index in [1.165, 1.54) is 5.56 Å². The van der Waals surface area contributed by atoms with Gasteiger partial charge in [-0.2, -0.15) is 0 Å². The molecule has 19 heavy (non-hydrogen) atoms. The average molecular weight is 261 g/mol. The Morgan fingerprint density at radius 1 is 1.37 bits per heavy atom. The highest BCUT2D eigenvalue weighted by atomic mass is 16.7. The van der Waals surface area contributed by atoms with Crippen LogP contribution in [0.4, 0.5) is 0 Å². The largest absolute Gasteiger partial charge is 0.348 e. The Labute approximate surface area is 115 Å². The van der Waals surface area contributed by atoms with Gasteiger partial charge in [-0.05, 0) is 26.3 Å². The molecule has 1 aliphatic rings. The summed E-state index contributed by atoms with van der Waals surface area (Å²) >= 11 is 0. The van der Waals surface area contributed by atoms with Crippen molar-refractivity contribution < 1.29 is 9.47 Å². The van der Waals surface area contributed by atoms with Crippen molar-refractivity contribution in [2.24, 2.45) is 0 Å². The number of allylic oxidation sites excluding steroid dienone is 1. The summed E-state index contributed by atoms with van der Waals surface area (Å²) in [7, 11) is 0. The van der Waals surface area contributed by atoms with Crippen LogP contribution in [-0.4, -0.2) is 24.5 Å². The van der Waals surface area contributed by atoms with E-state index < -0.39 is 5.79 Å². The molecule has 2 rings (SSSR count). The fourth-order valence-electron chi connectivity index (χ4n) is 2.25. The van der Waals surface area contributed by atoms with Gasteiger partial charge in [0.2, 0.25) is 0 Å². The molecule has 0 spiro atoms. The van der Waals surface area contributed by atoms with E-state index in [0.717, 1.165) is 6.54 Å². The SMILES string of the molecule is C/C=C/[C@H](NCc1ccccc1)[C@H]1COC(C)(C)O1. The third-order valence-corrected chi connectivity index (χ3v) is 3.22. The van der Waals surface area contributed by atoms with E-state index in [9.17, 15) is 0 Å². The Morgan fingerprint density at radius 3 is 2.68 bits per heavy atom. The molecule has 1 saturated heterocycles. The minimum Gasteiger partial charge on any atom is -0.348 e. The maximum absolute atomic E-state index is 5.92. The highest BCUT2D eigenvalue weighted by Gasteiger charge is 2.36. The van der Waals surface area contributed by atoms with Crippen LogP contribution in [0.15, 0.2) is 42.5 Å². The maximum Gasteiger partial charge on any atom is 0.163 e. The van der Waals surface area contributed by atoms with Gasteiger partial charge in [0.1, 0.15) is 6.10 Å². The second-order valence-corrected chi connectivity index (χ2v) is 5.29. The van der Waals surface area contributed by atoms with E-state index in [1.54, 1.807) is 0 Å². The van der Waals surface area contributed by atoms with Gasteiger partial charge in [-0.15, -0.1) is 0 Å². The molecule has 0 amide bonds. The summed E-state index contributed by atoms with van der Waals surface area (Å²) in [5.74, 6) is -0.473. The quantitative estimate of drug-likeness (QED) is 0.827. The summed E-state index contributed by atoms with van der Waals surface area (Å²) in [6.45, 7) is 7.39. The highest BCUT2D eigenvalue weighted by molar-refractivity contribution is 5.15. The van der Waals surface area contributed by atoms with Crippen LogP contribution in [-0.2, 0) is 16.0 Å². The molecule has 1 fully saturated rings. The van der Waals surface area contributed by atoms with E-state index in [4.69, 9.17) is 9.47 Å². The van der Waals surface area contributed by atoms with Crippen molar-refractivity contribution in [3.05, 3.63) is 48.0 Å². The highest BCUT2D eigenvalue weighted by Crippen LogP contribution is 2.24. The molecule has 1 aliphatic heterocycles. The molecule has 0 saturated carbocycles. The summed E-state index contributed by atoms with van der Waals surface area (Å²) in [5.41, 5.74) is 1.27. The summed E-state index contributed by atoms with van der Waals surface area (Å²) in [6.07, 6.45) is 4.25. The summed E-state index contributed by atoms with van der Waals surface area (Å²) in [4.78, 5) is 0. The van der Waals surface area contributed by atoms with Crippen molar-refractivity contribution >= 4 is 0 Å². The minimum absolute atomic E-state index is 0.0647. The molecule has 2 atom stereocenters. The second-order valence-electron chi connectivity index (χ2n) is 5.29. The van der Waals surface area contributed by atoms with Crippen LogP contribution in [0, 0.1) is 0 Å². The number of rotatable bonds is 5. The van der Waals surface area contributed by atoms with E-state index in [1.807, 2.05) is 26.8 Å². The van der Waals surface area contributed by atoms with Crippen LogP contribution < -0.4 is 5.32 Å². The van der Waals surface area contributed by atoms with Crippen molar-refractivity contribution in [3.63, 3.8) is 0 Å². The number of ether oxygens (including phenoxy) is 2. The third-order valence-electron chi connectivity index (χ3n) is 3.22. The van der Waals surface area contributed by atoms with Gasteiger partial charge < -0.3 is 14.8 Å². The number of nitrogens with one attached hydrogen (secondary N) is 1. The predicted octanol–water partition coefficient (Wildman–Crippen LogP) is 2.87. The van der Waals surface area contributed by atoms with E-state index >= 15 is 0 Å². The van der Waals surface area contributed by atoms with Gasteiger partial charge in [0.15, 0.2) is 5.79 Å². The van der Waals surface area contributed by atoms with Crippen LogP contribution in [0.3, 0.4) is 0 Å². The van der Waals surface area contributed by atoms with Gasteiger partial charge in [0, 0.05) is 6.54 Å². The van der Waals surface area contributed by atoms with Gasteiger partial charge in [0.05, 0.1) is 12.6 Å². The van der Waals surface area contributed by atoms with Crippen molar-refractivity contribution in [1.82, 2.24) is 5.32 Å². The lowest BCUT2D eigenvalue weighted by atomic mass is 10.1. The van der Waals surface area contributed by atoms with E-state index in [-0.39, 0.29) is 12.1 Å². The lowest BCUT2D eigenvalue weighted by Crippen LogP contribution is -2.40. The zero-order valence-electron chi connectivity index (χ0n) is 11.9. The maximum atomic E-state index is 5.92. The van der Waals surface area contributed by atoms with Crippen molar-refractivity contribution in [1.29, 1.82) is 0 Å². The fraction of sp³-hybridized carbons (Fsp3) is 0.500. The van der Waals surface area contributed by atoms with E-state index in [0.29, 0.717) is 6.61 Å². The van der Waals surface area contributed by atoms with Crippen LogP contribution in [0.25, 0.3) is 0 Å². The molecule has 3 nitrogen and oxygen atoms in total. The molecule has 104 valence electrons. The molecule has 3 heteroatoms. The zero-order valence-corrected chi connectivity index (χ0v) is 11.9. The molecule has 1 aromatic carbocycles. The molecular weight excluding hydrogens is 238 g/mol. The molecule has 0 aromatic heterocycles. The second kappa shape index (κ2) is 6.33. The Bertz CT molecular complexity index is 414. The number of hydrogen-bond donors (Lipinski definition) is 1. The van der Waals surface area contributed by atoms with Crippen LogP contribution in [0.2, 0.25) is 0 Å². The molecule has 1 aromatic rings. The van der Waals surface area contributed by atoms with Crippen molar-refractivity contribution in [2.45, 2.75) is 45.2 Å². The van der Waals surface area contributed by atoms with E-state index in [2.05, 4.69) is 41.7 Å². The predicted molar refractivity (Wildman–Crippen MR) is 76.8 cm³/mol. The molecule has 0 aliphatic carbocycles. The topological polar surface area (TPSA) is 30.5 Å². The summed E-state index contributed by atoms with van der Waals surface area (Å²) < 4.78 is 11.6. The number of benzene rings is 1. The first-order valence-corrected chi connectivity index (χ1v) is 6.82. The number of hydrogen-bond acceptors (Lipinski definition) is 3. The monoisotopic (exact) mass is 261 g/mol. The molecule has 0 bridgehead atoms. The van der Waals surface area contributed by atoms with Gasteiger partial charge in [-0.3, -0.25) is 0 Å². The first-order valence-electron chi connectivity index (χ1n) is 6.82. The standard InChI is InChI=1S/C16H23NO2/c1-4-8-14(15-12-18-16(2,3)19-15)17-11-13-9-6-5-7-10-13/h4-10,14-15,17H,11-12H2,1-3H3/b8-4+/t14-,15+/m0/s1. The summed E-state index contributed by atoms with van der Waals surface area (Å²) in [6, 6.07) is 10.6. The van der Waals surface area contributed by atoms with Crippen LogP contribution in [0.1, 0.15) is 26.3 Å². The Morgan fingerprint density at radius 2 is 2.11 bits per heavy atom. The first kappa shape index (κ1) is 14.3. The zero-order chi connectivity index (χ0) is 13.7. The van der Waals surface area contributed by atoms with Gasteiger partial charge in [-0.25, -0.2) is 0 Å². The van der Waals surface area contributed by atoms with Crippen LogP contribution >= 0.6 is 0 Å². The van der Waals surface area contributed by atoms with Crippen molar-refractivity contribution in [3.8, 4) is 0 Å². The lowest BCUT2D eigenvalue weighted by molar-refractivity contribution is -0.140. The van der Waals surface area contributed by atoms with Gasteiger partial charge in [-0.1, -0.05) is 42.5 Å². The molecule has 1 N–H and O–H groups in total. The molecule has 0 radical (unpaired) electrons. The smallest absolute Gasteiger partial charge is 0.163 e. The molecule has 1 heterocycles. The lowest BCUT2D eigenvalue weighted by Gasteiger charge is -2.23. The van der Waals surface area contributed by atoms with Crippen LogP contribution in [0.5, 0.6) is 0 Å². The molecular formula is C16H23NO2. The third kappa shape index (κ3) is 4.16. The van der Waals surface area contributed by atoms with Gasteiger partial charge >= 0.3 is 0 Å². The minimum atomic E-state index is -0.473. The Balaban J connectivity index is 1.94. The first-order chi connectivity index (χ1) is 9.11. The normalized spacial score (nSPS) is 23.8. The summed E-state index contributed by atoms with van der Waals surface area (Å²) in [5, 5.41) is 3.52. The molecule has 0 unspecified atom stereocenters. The van der Waals surface area contributed by atoms with Crippen molar-refractivity contribution in [2.75, 3.05) is 6.61 Å². The fourth-order valence-corrected chi connectivity index (χ4v) is 2.25. The Hall–Kier alpha value is -1.16. The average Bonchev–Trinajstić information content (AvgIpc) is 2.76. The van der Waals surface area contributed by atoms with Gasteiger partial charge in [0.25, 0.3) is 0 Å².